The van der Waals surface area contributed by atoms with E-state index < -0.39 is 5.91 Å². The van der Waals surface area contributed by atoms with Crippen LogP contribution in [0.5, 0.6) is 11.8 Å². The zero-order valence-corrected chi connectivity index (χ0v) is 15.5. The quantitative estimate of drug-likeness (QED) is 0.591. The molecule has 0 unspecified atom stereocenters. The van der Waals surface area contributed by atoms with E-state index in [0.717, 1.165) is 0 Å². The number of phenolic OH excluding ortho intramolecular Hbond substituents is 1. The number of piperazine rings is 1. The monoisotopic (exact) mass is 383 g/mol. The Kier molecular flexibility index (Phi) is 5.73. The van der Waals surface area contributed by atoms with Crippen LogP contribution in [0.15, 0.2) is 43.0 Å². The molecule has 2 heterocycles. The minimum absolute atomic E-state index is 0.0416. The summed E-state index contributed by atoms with van der Waals surface area (Å²) in [5.41, 5.74) is 0.387. The summed E-state index contributed by atoms with van der Waals surface area (Å²) in [5, 5.41) is 12.5. The van der Waals surface area contributed by atoms with Crippen molar-refractivity contribution in [2.24, 2.45) is 0 Å². The third-order valence-corrected chi connectivity index (χ3v) is 4.35. The number of nitrogens with one attached hydrogen (secondary N) is 1. The highest BCUT2D eigenvalue weighted by atomic mass is 16.5. The Morgan fingerprint density at radius 1 is 1.21 bits per heavy atom. The van der Waals surface area contributed by atoms with E-state index in [9.17, 15) is 14.7 Å². The Balaban J connectivity index is 1.79. The maximum absolute atomic E-state index is 12.6. The average molecular weight is 383 g/mol. The molecule has 0 atom stereocenters. The highest BCUT2D eigenvalue weighted by Crippen LogP contribution is 2.23. The Bertz CT molecular complexity index is 894. The van der Waals surface area contributed by atoms with E-state index in [1.54, 1.807) is 29.2 Å². The standard InChI is InChI=1S/C19H21N5O4/c1-3-17(26)24-10-8-23(9-11-24)16-12-14(21-19(22-16)28-2)18(27)20-13-6-4-5-7-15(13)25/h3-7,12,25H,1,8-11H2,2H3,(H,20,27). The van der Waals surface area contributed by atoms with E-state index in [0.29, 0.717) is 32.0 Å². The second kappa shape index (κ2) is 8.38. The number of amides is 2. The fourth-order valence-electron chi connectivity index (χ4n) is 2.83. The summed E-state index contributed by atoms with van der Waals surface area (Å²) in [6.45, 7) is 5.66. The van der Waals surface area contributed by atoms with Crippen LogP contribution in [0.2, 0.25) is 0 Å². The number of hydrogen-bond acceptors (Lipinski definition) is 7. The van der Waals surface area contributed by atoms with Crippen LogP contribution in [0.1, 0.15) is 10.5 Å². The van der Waals surface area contributed by atoms with Crippen molar-refractivity contribution in [1.82, 2.24) is 14.9 Å². The van der Waals surface area contributed by atoms with Gasteiger partial charge in [0.15, 0.2) is 0 Å². The Hall–Kier alpha value is -3.62. The summed E-state index contributed by atoms with van der Waals surface area (Å²) in [4.78, 5) is 36.4. The molecule has 0 spiro atoms. The van der Waals surface area contributed by atoms with Gasteiger partial charge in [-0.2, -0.15) is 9.97 Å². The third kappa shape index (κ3) is 4.20. The highest BCUT2D eigenvalue weighted by Gasteiger charge is 2.23. The number of anilines is 2. The van der Waals surface area contributed by atoms with Gasteiger partial charge in [-0.25, -0.2) is 0 Å². The second-order valence-corrected chi connectivity index (χ2v) is 6.09. The van der Waals surface area contributed by atoms with Gasteiger partial charge in [-0.15, -0.1) is 0 Å². The summed E-state index contributed by atoms with van der Waals surface area (Å²) in [6.07, 6.45) is 1.30. The van der Waals surface area contributed by atoms with Gasteiger partial charge in [-0.3, -0.25) is 9.59 Å². The van der Waals surface area contributed by atoms with Gasteiger partial charge in [0.25, 0.3) is 5.91 Å². The van der Waals surface area contributed by atoms with Gasteiger partial charge in [0, 0.05) is 32.2 Å². The molecule has 3 rings (SSSR count). The molecule has 2 amide bonds. The van der Waals surface area contributed by atoms with Crippen molar-refractivity contribution in [1.29, 1.82) is 0 Å². The van der Waals surface area contributed by atoms with Gasteiger partial charge in [0.1, 0.15) is 17.3 Å². The lowest BCUT2D eigenvalue weighted by molar-refractivity contribution is -0.126. The SMILES string of the molecule is C=CC(=O)N1CCN(c2cc(C(=O)Nc3ccccc3O)nc(OC)n2)CC1. The minimum Gasteiger partial charge on any atom is -0.506 e. The molecule has 1 aromatic heterocycles. The number of aromatic nitrogens is 2. The molecule has 0 aliphatic carbocycles. The Labute approximate surface area is 162 Å². The predicted molar refractivity (Wildman–Crippen MR) is 104 cm³/mol. The van der Waals surface area contributed by atoms with Crippen molar-refractivity contribution >= 4 is 23.3 Å². The van der Waals surface area contributed by atoms with E-state index in [-0.39, 0.29) is 29.0 Å². The van der Waals surface area contributed by atoms with Crippen LogP contribution in [0.25, 0.3) is 0 Å². The Morgan fingerprint density at radius 3 is 2.57 bits per heavy atom. The lowest BCUT2D eigenvalue weighted by Gasteiger charge is -2.35. The molecular formula is C19H21N5O4. The molecule has 1 aliphatic heterocycles. The highest BCUT2D eigenvalue weighted by molar-refractivity contribution is 6.04. The molecule has 1 aliphatic rings. The molecule has 1 fully saturated rings. The summed E-state index contributed by atoms with van der Waals surface area (Å²) < 4.78 is 5.13. The molecule has 1 saturated heterocycles. The Morgan fingerprint density at radius 2 is 1.93 bits per heavy atom. The number of nitrogens with zero attached hydrogens (tertiary/aromatic N) is 4. The normalized spacial score (nSPS) is 13.8. The average Bonchev–Trinajstić information content (AvgIpc) is 2.74. The predicted octanol–water partition coefficient (Wildman–Crippen LogP) is 1.28. The summed E-state index contributed by atoms with van der Waals surface area (Å²) in [5.74, 6) is -0.119. The fourth-order valence-corrected chi connectivity index (χ4v) is 2.83. The molecular weight excluding hydrogens is 362 g/mol. The van der Waals surface area contributed by atoms with Gasteiger partial charge >= 0.3 is 6.01 Å². The molecule has 0 saturated carbocycles. The van der Waals surface area contributed by atoms with Gasteiger partial charge in [-0.1, -0.05) is 18.7 Å². The van der Waals surface area contributed by atoms with Crippen LogP contribution in [0.4, 0.5) is 11.5 Å². The first-order chi connectivity index (χ1) is 13.5. The first-order valence-electron chi connectivity index (χ1n) is 8.70. The molecule has 2 N–H and O–H groups in total. The van der Waals surface area contributed by atoms with Gasteiger partial charge in [0.05, 0.1) is 12.8 Å². The molecule has 146 valence electrons. The number of hydrogen-bond donors (Lipinski definition) is 2. The number of methoxy groups -OCH3 is 1. The topological polar surface area (TPSA) is 108 Å². The summed E-state index contributed by atoms with van der Waals surface area (Å²) in [6, 6.07) is 8.04. The van der Waals surface area contributed by atoms with Crippen molar-refractivity contribution in [3.63, 3.8) is 0 Å². The molecule has 9 nitrogen and oxygen atoms in total. The molecule has 28 heavy (non-hydrogen) atoms. The number of ether oxygens (including phenoxy) is 1. The largest absolute Gasteiger partial charge is 0.506 e. The van der Waals surface area contributed by atoms with Crippen LogP contribution in [-0.4, -0.2) is 65.1 Å². The van der Waals surface area contributed by atoms with Gasteiger partial charge in [0.2, 0.25) is 5.91 Å². The molecule has 0 bridgehead atoms. The zero-order chi connectivity index (χ0) is 20.1. The summed E-state index contributed by atoms with van der Waals surface area (Å²) in [7, 11) is 1.42. The lowest BCUT2D eigenvalue weighted by atomic mass is 10.2. The first kappa shape index (κ1) is 19.2. The lowest BCUT2D eigenvalue weighted by Crippen LogP contribution is -2.48. The molecule has 1 aromatic carbocycles. The van der Waals surface area contributed by atoms with Crippen LogP contribution in [-0.2, 0) is 4.79 Å². The number of carbonyl (C=O) groups excluding carboxylic acids is 2. The van der Waals surface area contributed by atoms with Crippen molar-refractivity contribution in [2.75, 3.05) is 43.5 Å². The number of aromatic hydroxyl groups is 1. The van der Waals surface area contributed by atoms with E-state index in [4.69, 9.17) is 4.74 Å². The van der Waals surface area contributed by atoms with E-state index in [2.05, 4.69) is 21.9 Å². The smallest absolute Gasteiger partial charge is 0.318 e. The van der Waals surface area contributed by atoms with Crippen LogP contribution in [0.3, 0.4) is 0 Å². The van der Waals surface area contributed by atoms with Crippen molar-refractivity contribution in [3.05, 3.63) is 48.7 Å². The van der Waals surface area contributed by atoms with Crippen LogP contribution in [0, 0.1) is 0 Å². The summed E-state index contributed by atoms with van der Waals surface area (Å²) >= 11 is 0. The number of benzene rings is 1. The fraction of sp³-hybridized carbons (Fsp3) is 0.263. The maximum atomic E-state index is 12.6. The zero-order valence-electron chi connectivity index (χ0n) is 15.5. The van der Waals surface area contributed by atoms with Crippen LogP contribution >= 0.6 is 0 Å². The van der Waals surface area contributed by atoms with Crippen molar-refractivity contribution in [3.8, 4) is 11.8 Å². The third-order valence-electron chi connectivity index (χ3n) is 4.35. The van der Waals surface area contributed by atoms with Crippen molar-refractivity contribution in [2.45, 2.75) is 0 Å². The maximum Gasteiger partial charge on any atom is 0.318 e. The van der Waals surface area contributed by atoms with Gasteiger partial charge < -0.3 is 25.0 Å². The van der Waals surface area contributed by atoms with Gasteiger partial charge in [-0.05, 0) is 18.2 Å². The number of phenols is 1. The number of rotatable bonds is 5. The van der Waals surface area contributed by atoms with E-state index >= 15 is 0 Å². The second-order valence-electron chi connectivity index (χ2n) is 6.09. The molecule has 0 radical (unpaired) electrons. The van der Waals surface area contributed by atoms with Crippen molar-refractivity contribution < 1.29 is 19.4 Å². The van der Waals surface area contributed by atoms with E-state index in [1.165, 1.54) is 19.3 Å². The number of carbonyl (C=O) groups is 2. The van der Waals surface area contributed by atoms with E-state index in [1.807, 2.05) is 4.90 Å². The first-order valence-corrected chi connectivity index (χ1v) is 8.70. The minimum atomic E-state index is -0.496. The van der Waals surface area contributed by atoms with Crippen LogP contribution < -0.4 is 15.0 Å². The molecule has 9 heteroatoms. The number of para-hydroxylation sites is 2. The molecule has 2 aromatic rings.